The first kappa shape index (κ1) is 21.7. The molecule has 3 rings (SSSR count). The Hall–Kier alpha value is -3.05. The number of benzene rings is 1. The Morgan fingerprint density at radius 2 is 2.00 bits per heavy atom. The van der Waals surface area contributed by atoms with Crippen molar-refractivity contribution in [1.29, 1.82) is 0 Å². The monoisotopic (exact) mass is 458 g/mol. The van der Waals surface area contributed by atoms with E-state index < -0.39 is 35.2 Å². The third-order valence-electron chi connectivity index (χ3n) is 4.12. The molecule has 0 saturated heterocycles. The number of alkyl halides is 2. The van der Waals surface area contributed by atoms with Gasteiger partial charge in [0.25, 0.3) is 6.43 Å². The van der Waals surface area contributed by atoms with Crippen molar-refractivity contribution in [2.45, 2.75) is 26.4 Å². The first-order valence-electron chi connectivity index (χ1n) is 8.42. The van der Waals surface area contributed by atoms with Crippen LogP contribution in [0.4, 0.5) is 20.3 Å². The van der Waals surface area contributed by atoms with E-state index in [2.05, 4.69) is 15.5 Å². The number of carbonyl (C=O) groups excluding carboxylic acids is 1. The minimum absolute atomic E-state index is 0.143. The molecule has 1 aromatic carbocycles. The van der Waals surface area contributed by atoms with Gasteiger partial charge in [0.05, 0.1) is 21.5 Å². The standard InChI is InChI=1S/C17H14Cl2F2N6O3/c1-9-16(27(29)30)15(17(20)21)24-26(9)8-14(28)22-13-4-5-25(23-13)7-10-2-3-11(18)12(19)6-10/h2-6,17H,7-8H2,1H3,(H,22,23,28). The molecule has 13 heteroatoms. The molecule has 158 valence electrons. The molecule has 0 aliphatic rings. The van der Waals surface area contributed by atoms with Crippen LogP contribution in [0.15, 0.2) is 30.5 Å². The van der Waals surface area contributed by atoms with Crippen molar-refractivity contribution < 1.29 is 18.5 Å². The van der Waals surface area contributed by atoms with Crippen molar-refractivity contribution >= 4 is 40.6 Å². The topological polar surface area (TPSA) is 108 Å². The van der Waals surface area contributed by atoms with Gasteiger partial charge in [0.15, 0.2) is 5.82 Å². The molecule has 3 aromatic rings. The lowest BCUT2D eigenvalue weighted by atomic mass is 10.2. The fourth-order valence-corrected chi connectivity index (χ4v) is 3.07. The predicted molar refractivity (Wildman–Crippen MR) is 105 cm³/mol. The molecule has 9 nitrogen and oxygen atoms in total. The maximum Gasteiger partial charge on any atom is 0.319 e. The molecule has 0 bridgehead atoms. The molecule has 0 spiro atoms. The number of hydrogen-bond acceptors (Lipinski definition) is 5. The molecule has 30 heavy (non-hydrogen) atoms. The van der Waals surface area contributed by atoms with E-state index in [1.165, 1.54) is 6.92 Å². The van der Waals surface area contributed by atoms with Gasteiger partial charge in [-0.05, 0) is 24.6 Å². The molecule has 0 atom stereocenters. The number of nitro groups is 1. The van der Waals surface area contributed by atoms with Crippen LogP contribution in [0, 0.1) is 17.0 Å². The number of amides is 1. The van der Waals surface area contributed by atoms with Gasteiger partial charge in [-0.2, -0.15) is 10.2 Å². The van der Waals surface area contributed by atoms with Gasteiger partial charge in [-0.3, -0.25) is 24.3 Å². The van der Waals surface area contributed by atoms with Crippen LogP contribution in [0.2, 0.25) is 10.0 Å². The quantitative estimate of drug-likeness (QED) is 0.420. The van der Waals surface area contributed by atoms with Crippen LogP contribution in [-0.2, 0) is 17.9 Å². The lowest BCUT2D eigenvalue weighted by molar-refractivity contribution is -0.386. The Morgan fingerprint density at radius 1 is 1.27 bits per heavy atom. The summed E-state index contributed by atoms with van der Waals surface area (Å²) in [4.78, 5) is 22.3. The Kier molecular flexibility index (Phi) is 6.32. The molecule has 1 amide bonds. The van der Waals surface area contributed by atoms with Crippen LogP contribution < -0.4 is 5.32 Å². The van der Waals surface area contributed by atoms with E-state index >= 15 is 0 Å². The van der Waals surface area contributed by atoms with Gasteiger partial charge in [-0.15, -0.1) is 0 Å². The van der Waals surface area contributed by atoms with Crippen molar-refractivity contribution in [1.82, 2.24) is 19.6 Å². The highest BCUT2D eigenvalue weighted by Crippen LogP contribution is 2.30. The minimum atomic E-state index is -3.13. The largest absolute Gasteiger partial charge is 0.319 e. The number of anilines is 1. The molecule has 0 radical (unpaired) electrons. The van der Waals surface area contributed by atoms with Crippen LogP contribution in [0.3, 0.4) is 0 Å². The smallest absolute Gasteiger partial charge is 0.308 e. The number of carbonyl (C=O) groups is 1. The van der Waals surface area contributed by atoms with Gasteiger partial charge in [0.2, 0.25) is 11.6 Å². The number of halogens is 4. The summed E-state index contributed by atoms with van der Waals surface area (Å²) in [6, 6.07) is 6.67. The molecular formula is C17H14Cl2F2N6O3. The van der Waals surface area contributed by atoms with Gasteiger partial charge >= 0.3 is 5.69 Å². The van der Waals surface area contributed by atoms with Crippen LogP contribution in [-0.4, -0.2) is 30.4 Å². The van der Waals surface area contributed by atoms with Crippen molar-refractivity contribution in [3.8, 4) is 0 Å². The fraction of sp³-hybridized carbons (Fsp3) is 0.235. The second-order valence-corrected chi connectivity index (χ2v) is 7.04. The summed E-state index contributed by atoms with van der Waals surface area (Å²) in [6.45, 7) is 1.13. The second kappa shape index (κ2) is 8.76. The fourth-order valence-electron chi connectivity index (χ4n) is 2.75. The zero-order chi connectivity index (χ0) is 22.0. The van der Waals surface area contributed by atoms with E-state index in [9.17, 15) is 23.7 Å². The first-order valence-corrected chi connectivity index (χ1v) is 9.18. The van der Waals surface area contributed by atoms with Gasteiger partial charge in [-0.1, -0.05) is 29.3 Å². The highest BCUT2D eigenvalue weighted by atomic mass is 35.5. The van der Waals surface area contributed by atoms with E-state index in [1.807, 2.05) is 0 Å². The first-order chi connectivity index (χ1) is 14.2. The summed E-state index contributed by atoms with van der Waals surface area (Å²) in [5.41, 5.74) is -1.08. The van der Waals surface area contributed by atoms with Crippen LogP contribution in [0.1, 0.15) is 23.4 Å². The Balaban J connectivity index is 1.68. The molecule has 0 aliphatic heterocycles. The number of aromatic nitrogens is 4. The molecular weight excluding hydrogens is 445 g/mol. The van der Waals surface area contributed by atoms with Gasteiger partial charge < -0.3 is 5.32 Å². The van der Waals surface area contributed by atoms with E-state index in [1.54, 1.807) is 35.1 Å². The lowest BCUT2D eigenvalue weighted by Crippen LogP contribution is -2.21. The highest BCUT2D eigenvalue weighted by Gasteiger charge is 2.31. The summed E-state index contributed by atoms with van der Waals surface area (Å²) < 4.78 is 28.4. The summed E-state index contributed by atoms with van der Waals surface area (Å²) in [7, 11) is 0. The van der Waals surface area contributed by atoms with E-state index in [0.717, 1.165) is 10.2 Å². The van der Waals surface area contributed by atoms with Crippen LogP contribution in [0.5, 0.6) is 0 Å². The zero-order valence-corrected chi connectivity index (χ0v) is 16.9. The molecule has 0 aliphatic carbocycles. The summed E-state index contributed by atoms with van der Waals surface area (Å²) in [6.07, 6.45) is -1.51. The molecule has 0 unspecified atom stereocenters. The molecule has 2 aromatic heterocycles. The lowest BCUT2D eigenvalue weighted by Gasteiger charge is -2.05. The zero-order valence-electron chi connectivity index (χ0n) is 15.4. The van der Waals surface area contributed by atoms with Gasteiger partial charge in [-0.25, -0.2) is 8.78 Å². The minimum Gasteiger partial charge on any atom is -0.308 e. The molecule has 1 N–H and O–H groups in total. The van der Waals surface area contributed by atoms with Gasteiger partial charge in [0, 0.05) is 12.3 Å². The third kappa shape index (κ3) is 4.74. The number of rotatable bonds is 7. The van der Waals surface area contributed by atoms with Crippen molar-refractivity contribution in [2.24, 2.45) is 0 Å². The van der Waals surface area contributed by atoms with Crippen LogP contribution >= 0.6 is 23.2 Å². The maximum absolute atomic E-state index is 13.0. The SMILES string of the molecule is Cc1c([N+](=O)[O-])c(C(F)F)nn1CC(=O)Nc1ccn(Cc2ccc(Cl)c(Cl)c2)n1. The van der Waals surface area contributed by atoms with E-state index in [4.69, 9.17) is 23.2 Å². The maximum atomic E-state index is 13.0. The normalized spacial score (nSPS) is 11.1. The van der Waals surface area contributed by atoms with E-state index in [-0.39, 0.29) is 11.5 Å². The van der Waals surface area contributed by atoms with Crippen molar-refractivity contribution in [2.75, 3.05) is 5.32 Å². The van der Waals surface area contributed by atoms with Crippen LogP contribution in [0.25, 0.3) is 0 Å². The Bertz CT molecular complexity index is 1120. The average molecular weight is 459 g/mol. The highest BCUT2D eigenvalue weighted by molar-refractivity contribution is 6.42. The predicted octanol–water partition coefficient (Wildman–Crippen LogP) is 4.23. The summed E-state index contributed by atoms with van der Waals surface area (Å²) in [5, 5.41) is 22.0. The summed E-state index contributed by atoms with van der Waals surface area (Å²) >= 11 is 11.9. The van der Waals surface area contributed by atoms with E-state index in [0.29, 0.717) is 16.6 Å². The number of nitrogens with zero attached hydrogens (tertiary/aromatic N) is 5. The third-order valence-corrected chi connectivity index (χ3v) is 4.86. The van der Waals surface area contributed by atoms with Crippen molar-refractivity contribution in [3.05, 3.63) is 67.6 Å². The number of nitrogens with one attached hydrogen (secondary N) is 1. The number of hydrogen-bond donors (Lipinski definition) is 1. The van der Waals surface area contributed by atoms with Gasteiger partial charge in [0.1, 0.15) is 12.2 Å². The molecule has 0 fully saturated rings. The van der Waals surface area contributed by atoms with Crippen molar-refractivity contribution in [3.63, 3.8) is 0 Å². The Labute approximate surface area is 178 Å². The summed E-state index contributed by atoms with van der Waals surface area (Å²) in [5.74, 6) is -0.412. The Morgan fingerprint density at radius 3 is 2.60 bits per heavy atom. The average Bonchev–Trinajstić information content (AvgIpc) is 3.22. The molecule has 2 heterocycles. The molecule has 0 saturated carbocycles. The second-order valence-electron chi connectivity index (χ2n) is 6.23.